The lowest BCUT2D eigenvalue weighted by Crippen LogP contribution is -2.50. The highest BCUT2D eigenvalue weighted by Gasteiger charge is 2.30. The van der Waals surface area contributed by atoms with Crippen LogP contribution in [0.2, 0.25) is 0 Å². The number of rotatable bonds is 4. The molecule has 0 radical (unpaired) electrons. The van der Waals surface area contributed by atoms with Crippen molar-refractivity contribution in [2.24, 2.45) is 0 Å². The van der Waals surface area contributed by atoms with E-state index in [4.69, 9.17) is 4.74 Å². The van der Waals surface area contributed by atoms with Gasteiger partial charge in [-0.25, -0.2) is 4.39 Å². The molecule has 1 aromatic carbocycles. The minimum absolute atomic E-state index is 0.185. The van der Waals surface area contributed by atoms with Gasteiger partial charge in [0.1, 0.15) is 5.82 Å². The van der Waals surface area contributed by atoms with Crippen LogP contribution in [-0.4, -0.2) is 54.2 Å². The van der Waals surface area contributed by atoms with Crippen molar-refractivity contribution >= 4 is 15.9 Å². The molecule has 2 heterocycles. The Morgan fingerprint density at radius 1 is 1.26 bits per heavy atom. The molecular weight excluding hydrogens is 359 g/mol. The van der Waals surface area contributed by atoms with Crippen LogP contribution < -0.4 is 0 Å². The molecule has 3 rings (SSSR count). The summed E-state index contributed by atoms with van der Waals surface area (Å²) in [6.45, 7) is 9.49. The van der Waals surface area contributed by atoms with Crippen molar-refractivity contribution in [1.82, 2.24) is 9.80 Å². The molecular formula is C18H26BrFN2O. The van der Waals surface area contributed by atoms with Gasteiger partial charge in [-0.05, 0) is 50.9 Å². The van der Waals surface area contributed by atoms with Gasteiger partial charge in [0.2, 0.25) is 0 Å². The summed E-state index contributed by atoms with van der Waals surface area (Å²) in [6.07, 6.45) is 3.14. The van der Waals surface area contributed by atoms with Gasteiger partial charge >= 0.3 is 0 Å². The zero-order valence-corrected chi connectivity index (χ0v) is 15.6. The van der Waals surface area contributed by atoms with Crippen LogP contribution in [0.5, 0.6) is 0 Å². The van der Waals surface area contributed by atoms with E-state index in [1.807, 2.05) is 6.07 Å². The second-order valence-electron chi connectivity index (χ2n) is 6.98. The number of nitrogens with zero attached hydrogens (tertiary/aromatic N) is 2. The second kappa shape index (κ2) is 7.60. The van der Waals surface area contributed by atoms with Crippen molar-refractivity contribution in [3.8, 4) is 0 Å². The largest absolute Gasteiger partial charge is 0.373 e. The molecule has 0 spiro atoms. The van der Waals surface area contributed by atoms with Gasteiger partial charge in [-0.1, -0.05) is 22.0 Å². The zero-order chi connectivity index (χ0) is 16.4. The molecule has 128 valence electrons. The van der Waals surface area contributed by atoms with Gasteiger partial charge in [0.25, 0.3) is 0 Å². The molecule has 0 N–H and O–H groups in total. The van der Waals surface area contributed by atoms with Crippen LogP contribution in [-0.2, 0) is 11.3 Å². The summed E-state index contributed by atoms with van der Waals surface area (Å²) < 4.78 is 20.0. The van der Waals surface area contributed by atoms with E-state index in [1.54, 1.807) is 12.1 Å². The summed E-state index contributed by atoms with van der Waals surface area (Å²) in [7, 11) is 0. The summed E-state index contributed by atoms with van der Waals surface area (Å²) >= 11 is 3.49. The smallest absolute Gasteiger partial charge is 0.124 e. The van der Waals surface area contributed by atoms with Crippen LogP contribution in [0, 0.1) is 5.82 Å². The van der Waals surface area contributed by atoms with Crippen molar-refractivity contribution in [2.75, 3.05) is 26.2 Å². The van der Waals surface area contributed by atoms with Crippen LogP contribution in [0.1, 0.15) is 32.3 Å². The average molecular weight is 385 g/mol. The van der Waals surface area contributed by atoms with Crippen molar-refractivity contribution < 1.29 is 9.13 Å². The van der Waals surface area contributed by atoms with Gasteiger partial charge < -0.3 is 4.74 Å². The number of halogens is 2. The highest BCUT2D eigenvalue weighted by Crippen LogP contribution is 2.26. The van der Waals surface area contributed by atoms with Gasteiger partial charge in [-0.3, -0.25) is 9.80 Å². The molecule has 0 aliphatic carbocycles. The normalized spacial score (nSPS) is 30.0. The summed E-state index contributed by atoms with van der Waals surface area (Å²) in [5.41, 5.74) is 1.17. The molecule has 2 aliphatic heterocycles. The summed E-state index contributed by atoms with van der Waals surface area (Å²) in [6, 6.07) is 5.60. The Morgan fingerprint density at radius 3 is 2.70 bits per heavy atom. The minimum Gasteiger partial charge on any atom is -0.373 e. The summed E-state index contributed by atoms with van der Waals surface area (Å²) in [4.78, 5) is 5.09. The van der Waals surface area contributed by atoms with E-state index in [2.05, 4.69) is 39.6 Å². The Morgan fingerprint density at radius 2 is 2.00 bits per heavy atom. The SMILES string of the molecule is CC1CN(CC2CCCN2Cc2ccc(F)cc2Br)CC(C)O1. The number of hydrogen-bond acceptors (Lipinski definition) is 3. The third kappa shape index (κ3) is 4.53. The van der Waals surface area contributed by atoms with E-state index in [0.29, 0.717) is 18.2 Å². The van der Waals surface area contributed by atoms with E-state index < -0.39 is 0 Å². The van der Waals surface area contributed by atoms with Crippen LogP contribution in [0.3, 0.4) is 0 Å². The molecule has 2 saturated heterocycles. The molecule has 3 unspecified atom stereocenters. The van der Waals surface area contributed by atoms with Crippen molar-refractivity contribution in [3.63, 3.8) is 0 Å². The van der Waals surface area contributed by atoms with Crippen LogP contribution in [0.15, 0.2) is 22.7 Å². The molecule has 5 heteroatoms. The maximum absolute atomic E-state index is 13.3. The quantitative estimate of drug-likeness (QED) is 0.787. The maximum atomic E-state index is 13.3. The standard InChI is InChI=1S/C18H26BrFN2O/c1-13-9-21(10-14(2)23-13)12-17-4-3-7-22(17)11-15-5-6-16(20)8-18(15)19/h5-6,8,13-14,17H,3-4,7,9-12H2,1-2H3. The average Bonchev–Trinajstić information content (AvgIpc) is 2.88. The lowest BCUT2D eigenvalue weighted by atomic mass is 10.1. The minimum atomic E-state index is -0.185. The lowest BCUT2D eigenvalue weighted by Gasteiger charge is -2.38. The molecule has 3 nitrogen and oxygen atoms in total. The predicted octanol–water partition coefficient (Wildman–Crippen LogP) is 3.66. The molecule has 0 aromatic heterocycles. The maximum Gasteiger partial charge on any atom is 0.124 e. The molecule has 0 amide bonds. The number of benzene rings is 1. The molecule has 0 bridgehead atoms. The van der Waals surface area contributed by atoms with Gasteiger partial charge in [0.15, 0.2) is 0 Å². The number of ether oxygens (including phenoxy) is 1. The predicted molar refractivity (Wildman–Crippen MR) is 94.0 cm³/mol. The van der Waals surface area contributed by atoms with Crippen LogP contribution in [0.25, 0.3) is 0 Å². The van der Waals surface area contributed by atoms with Crippen LogP contribution in [0.4, 0.5) is 4.39 Å². The number of hydrogen-bond donors (Lipinski definition) is 0. The Balaban J connectivity index is 1.61. The fourth-order valence-electron chi connectivity index (χ4n) is 3.91. The first-order chi connectivity index (χ1) is 11.0. The van der Waals surface area contributed by atoms with Gasteiger partial charge in [0, 0.05) is 36.7 Å². The molecule has 3 atom stereocenters. The Kier molecular flexibility index (Phi) is 5.73. The van der Waals surface area contributed by atoms with Crippen molar-refractivity contribution in [1.29, 1.82) is 0 Å². The van der Waals surface area contributed by atoms with Crippen molar-refractivity contribution in [3.05, 3.63) is 34.1 Å². The first-order valence-corrected chi connectivity index (χ1v) is 9.36. The third-order valence-electron chi connectivity index (χ3n) is 4.85. The topological polar surface area (TPSA) is 15.7 Å². The van der Waals surface area contributed by atoms with E-state index in [-0.39, 0.29) is 5.82 Å². The molecule has 2 fully saturated rings. The van der Waals surface area contributed by atoms with Crippen molar-refractivity contribution in [2.45, 2.75) is 51.5 Å². The fourth-order valence-corrected chi connectivity index (χ4v) is 4.39. The first kappa shape index (κ1) is 17.3. The number of likely N-dealkylation sites (tertiary alicyclic amines) is 1. The monoisotopic (exact) mass is 384 g/mol. The summed E-state index contributed by atoms with van der Waals surface area (Å²) in [5.74, 6) is -0.185. The van der Waals surface area contributed by atoms with Crippen LogP contribution >= 0.6 is 15.9 Å². The highest BCUT2D eigenvalue weighted by atomic mass is 79.9. The molecule has 1 aromatic rings. The van der Waals surface area contributed by atoms with Gasteiger partial charge in [-0.2, -0.15) is 0 Å². The second-order valence-corrected chi connectivity index (χ2v) is 7.83. The third-order valence-corrected chi connectivity index (χ3v) is 5.59. The Bertz CT molecular complexity index is 532. The van der Waals surface area contributed by atoms with E-state index in [0.717, 1.165) is 37.2 Å². The Hall–Kier alpha value is -0.490. The van der Waals surface area contributed by atoms with E-state index >= 15 is 0 Å². The molecule has 23 heavy (non-hydrogen) atoms. The first-order valence-electron chi connectivity index (χ1n) is 8.57. The summed E-state index contributed by atoms with van der Waals surface area (Å²) in [5, 5.41) is 0. The molecule has 2 aliphatic rings. The molecule has 0 saturated carbocycles. The van der Waals surface area contributed by atoms with E-state index in [1.165, 1.54) is 18.4 Å². The van der Waals surface area contributed by atoms with E-state index in [9.17, 15) is 4.39 Å². The lowest BCUT2D eigenvalue weighted by molar-refractivity contribution is -0.0724. The zero-order valence-electron chi connectivity index (χ0n) is 14.0. The number of morpholine rings is 1. The van der Waals surface area contributed by atoms with Gasteiger partial charge in [0.05, 0.1) is 12.2 Å². The Labute approximate surface area is 146 Å². The van der Waals surface area contributed by atoms with Gasteiger partial charge in [-0.15, -0.1) is 0 Å². The highest BCUT2D eigenvalue weighted by molar-refractivity contribution is 9.10. The fraction of sp³-hybridized carbons (Fsp3) is 0.667.